The van der Waals surface area contributed by atoms with Gasteiger partial charge in [0.15, 0.2) is 12.2 Å². The number of hydrogen-bond donors (Lipinski definition) is 3. The number of benzene rings is 1. The average molecular weight is 535 g/mol. The van der Waals surface area contributed by atoms with E-state index in [1.807, 2.05) is 40.7 Å². The number of likely N-dealkylation sites (tertiary alicyclic amines) is 1. The van der Waals surface area contributed by atoms with Gasteiger partial charge in [0.25, 0.3) is 5.91 Å². The van der Waals surface area contributed by atoms with E-state index in [9.17, 15) is 14.7 Å². The molecule has 198 valence electrons. The number of thiophene rings is 1. The van der Waals surface area contributed by atoms with Gasteiger partial charge in [-0.2, -0.15) is 0 Å². The van der Waals surface area contributed by atoms with Crippen LogP contribution in [0, 0.1) is 0 Å². The molecule has 0 bridgehead atoms. The number of carbonyl (C=O) groups excluding carboxylic acids is 2. The highest BCUT2D eigenvalue weighted by atomic mass is 32.1. The average Bonchev–Trinajstić information content (AvgIpc) is 3.74. The largest absolute Gasteiger partial charge is 0.443 e. The quantitative estimate of drug-likeness (QED) is 0.265. The second-order valence-corrected chi connectivity index (χ2v) is 10.4. The number of imidazole rings is 1. The molecule has 4 aromatic rings. The summed E-state index contributed by atoms with van der Waals surface area (Å²) < 4.78 is 7.33. The van der Waals surface area contributed by atoms with Crippen LogP contribution in [-0.4, -0.2) is 61.6 Å². The maximum Gasteiger partial charge on any atom is 0.268 e. The van der Waals surface area contributed by atoms with E-state index in [0.717, 1.165) is 34.3 Å². The topological polar surface area (TPSA) is 126 Å². The minimum absolute atomic E-state index is 0.0264. The van der Waals surface area contributed by atoms with Crippen LogP contribution in [0.5, 0.6) is 0 Å². The van der Waals surface area contributed by atoms with Crippen LogP contribution in [0.25, 0.3) is 21.7 Å². The SMILES string of the molecule is C=CC(=O)N1CCC[C@@H]1Cn1c(NC(=O)c2ccc(-c3cnco3)s2)nc2cc(CN[C@@H](C)CO)ccc21. The van der Waals surface area contributed by atoms with Crippen LogP contribution in [0.3, 0.4) is 0 Å². The molecule has 4 heterocycles. The van der Waals surface area contributed by atoms with Crippen molar-refractivity contribution in [3.63, 3.8) is 0 Å². The summed E-state index contributed by atoms with van der Waals surface area (Å²) in [6, 6.07) is 9.49. The summed E-state index contributed by atoms with van der Waals surface area (Å²) in [4.78, 5) is 37.6. The smallest absolute Gasteiger partial charge is 0.268 e. The lowest BCUT2D eigenvalue weighted by molar-refractivity contribution is -0.126. The Labute approximate surface area is 224 Å². The minimum atomic E-state index is -0.276. The standard InChI is InChI=1S/C27H30N6O4S/c1-3-25(35)32-10-4-5-19(32)14-33-21-7-6-18(12-29-17(2)15-34)11-20(21)30-27(33)31-26(36)24-9-8-23(38-24)22-13-28-16-37-22/h3,6-9,11,13,16-17,19,29,34H,1,4-5,10,12,14-15H2,2H3,(H,30,31,36)/t17-,19+/m0/s1. The van der Waals surface area contributed by atoms with Crippen LogP contribution in [0.15, 0.2) is 60.0 Å². The van der Waals surface area contributed by atoms with Crippen molar-refractivity contribution in [3.05, 3.63) is 66.0 Å². The highest BCUT2D eigenvalue weighted by Crippen LogP contribution is 2.30. The van der Waals surface area contributed by atoms with E-state index in [2.05, 4.69) is 22.2 Å². The van der Waals surface area contributed by atoms with Gasteiger partial charge >= 0.3 is 0 Å². The van der Waals surface area contributed by atoms with Gasteiger partial charge in [-0.25, -0.2) is 9.97 Å². The molecule has 10 nitrogen and oxygen atoms in total. The Morgan fingerprint density at radius 3 is 2.97 bits per heavy atom. The first-order valence-electron chi connectivity index (χ1n) is 12.5. The summed E-state index contributed by atoms with van der Waals surface area (Å²) >= 11 is 1.31. The number of rotatable bonds is 10. The van der Waals surface area contributed by atoms with E-state index in [1.54, 1.807) is 12.3 Å². The molecule has 2 atom stereocenters. The minimum Gasteiger partial charge on any atom is -0.443 e. The molecule has 3 N–H and O–H groups in total. The number of fused-ring (bicyclic) bond motifs is 1. The molecule has 5 rings (SSSR count). The number of aliphatic hydroxyl groups excluding tert-OH is 1. The second-order valence-electron chi connectivity index (χ2n) is 9.35. The molecule has 1 aliphatic heterocycles. The summed E-state index contributed by atoms with van der Waals surface area (Å²) in [7, 11) is 0. The zero-order valence-electron chi connectivity index (χ0n) is 21.1. The number of aromatic nitrogens is 3. The molecule has 0 aliphatic carbocycles. The third-order valence-corrected chi connectivity index (χ3v) is 7.80. The lowest BCUT2D eigenvalue weighted by Crippen LogP contribution is -2.37. The Bertz CT molecular complexity index is 1440. The molecule has 1 fully saturated rings. The van der Waals surface area contributed by atoms with Gasteiger partial charge in [0.1, 0.15) is 0 Å². The van der Waals surface area contributed by atoms with E-state index in [-0.39, 0.29) is 30.5 Å². The Morgan fingerprint density at radius 1 is 1.34 bits per heavy atom. The monoisotopic (exact) mass is 534 g/mol. The fourth-order valence-corrected chi connectivity index (χ4v) is 5.51. The van der Waals surface area contributed by atoms with Crippen LogP contribution < -0.4 is 10.6 Å². The first-order valence-corrected chi connectivity index (χ1v) is 13.3. The first kappa shape index (κ1) is 25.8. The van der Waals surface area contributed by atoms with Crippen LogP contribution in [-0.2, 0) is 17.9 Å². The van der Waals surface area contributed by atoms with E-state index >= 15 is 0 Å². The molecular weight excluding hydrogens is 504 g/mol. The van der Waals surface area contributed by atoms with Crippen molar-refractivity contribution < 1.29 is 19.1 Å². The van der Waals surface area contributed by atoms with Gasteiger partial charge in [-0.1, -0.05) is 12.6 Å². The Hall–Kier alpha value is -3.80. The van der Waals surface area contributed by atoms with E-state index in [1.165, 1.54) is 23.8 Å². The number of aliphatic hydroxyl groups is 1. The van der Waals surface area contributed by atoms with Crippen LogP contribution >= 0.6 is 11.3 Å². The van der Waals surface area contributed by atoms with Crippen LogP contribution in [0.4, 0.5) is 5.95 Å². The van der Waals surface area contributed by atoms with E-state index in [0.29, 0.717) is 36.2 Å². The summed E-state index contributed by atoms with van der Waals surface area (Å²) in [6.07, 6.45) is 6.09. The molecule has 38 heavy (non-hydrogen) atoms. The van der Waals surface area contributed by atoms with Crippen LogP contribution in [0.2, 0.25) is 0 Å². The Kier molecular flexibility index (Phi) is 7.68. The predicted octanol–water partition coefficient (Wildman–Crippen LogP) is 3.65. The molecule has 0 saturated carbocycles. The number of oxazole rings is 1. The third-order valence-electron chi connectivity index (χ3n) is 6.70. The normalized spacial score (nSPS) is 16.2. The number of anilines is 1. The van der Waals surface area contributed by atoms with Crippen molar-refractivity contribution in [1.29, 1.82) is 0 Å². The van der Waals surface area contributed by atoms with Gasteiger partial charge in [-0.15, -0.1) is 11.3 Å². The molecule has 1 saturated heterocycles. The number of hydrogen-bond acceptors (Lipinski definition) is 8. The van der Waals surface area contributed by atoms with Crippen molar-refractivity contribution in [2.75, 3.05) is 18.5 Å². The fraction of sp³-hybridized carbons (Fsp3) is 0.333. The van der Waals surface area contributed by atoms with Gasteiger partial charge in [-0.3, -0.25) is 14.9 Å². The molecule has 11 heteroatoms. The first-order chi connectivity index (χ1) is 18.5. The summed E-state index contributed by atoms with van der Waals surface area (Å²) in [6.45, 7) is 7.37. The van der Waals surface area contributed by atoms with Crippen molar-refractivity contribution >= 4 is 40.1 Å². The van der Waals surface area contributed by atoms with Crippen molar-refractivity contribution in [1.82, 2.24) is 24.8 Å². The predicted molar refractivity (Wildman–Crippen MR) is 146 cm³/mol. The number of nitrogens with one attached hydrogen (secondary N) is 2. The van der Waals surface area contributed by atoms with Crippen molar-refractivity contribution in [2.45, 2.75) is 44.9 Å². The van der Waals surface area contributed by atoms with Gasteiger partial charge in [-0.05, 0) is 55.7 Å². The number of nitrogens with zero attached hydrogens (tertiary/aromatic N) is 4. The van der Waals surface area contributed by atoms with Gasteiger partial charge in [0.2, 0.25) is 11.9 Å². The zero-order chi connectivity index (χ0) is 26.6. The Morgan fingerprint density at radius 2 is 2.21 bits per heavy atom. The highest BCUT2D eigenvalue weighted by molar-refractivity contribution is 7.17. The van der Waals surface area contributed by atoms with Gasteiger partial charge < -0.3 is 24.3 Å². The lowest BCUT2D eigenvalue weighted by atomic mass is 10.1. The molecule has 1 aromatic carbocycles. The summed E-state index contributed by atoms with van der Waals surface area (Å²) in [5, 5.41) is 15.6. The molecule has 0 spiro atoms. The Balaban J connectivity index is 1.45. The molecule has 2 amide bonds. The highest BCUT2D eigenvalue weighted by Gasteiger charge is 2.29. The molecule has 0 unspecified atom stereocenters. The summed E-state index contributed by atoms with van der Waals surface area (Å²) in [5.41, 5.74) is 2.62. The fourth-order valence-electron chi connectivity index (χ4n) is 4.66. The number of carbonyl (C=O) groups is 2. The summed E-state index contributed by atoms with van der Waals surface area (Å²) in [5.74, 6) is 0.659. The van der Waals surface area contributed by atoms with Crippen molar-refractivity contribution in [2.24, 2.45) is 0 Å². The third kappa shape index (κ3) is 5.40. The van der Waals surface area contributed by atoms with E-state index < -0.39 is 0 Å². The molecule has 1 aliphatic rings. The van der Waals surface area contributed by atoms with Crippen molar-refractivity contribution in [3.8, 4) is 10.6 Å². The molecule has 0 radical (unpaired) electrons. The van der Waals surface area contributed by atoms with Crippen LogP contribution in [0.1, 0.15) is 35.0 Å². The number of amides is 2. The van der Waals surface area contributed by atoms with Gasteiger partial charge in [0, 0.05) is 25.7 Å². The maximum absolute atomic E-state index is 13.2. The second kappa shape index (κ2) is 11.3. The van der Waals surface area contributed by atoms with E-state index in [4.69, 9.17) is 9.40 Å². The van der Waals surface area contributed by atoms with Gasteiger partial charge in [0.05, 0.1) is 39.6 Å². The lowest BCUT2D eigenvalue weighted by Gasteiger charge is -2.24. The molecule has 3 aromatic heterocycles. The zero-order valence-corrected chi connectivity index (χ0v) is 21.9. The molecular formula is C27H30N6O4S. The maximum atomic E-state index is 13.2.